The van der Waals surface area contributed by atoms with Gasteiger partial charge in [-0.15, -0.1) is 0 Å². The summed E-state index contributed by atoms with van der Waals surface area (Å²) in [6.07, 6.45) is 4.87. The van der Waals surface area contributed by atoms with Crippen molar-refractivity contribution in [2.75, 3.05) is 26.9 Å². The van der Waals surface area contributed by atoms with Crippen LogP contribution in [0, 0.1) is 0 Å². The molecule has 0 aliphatic rings. The Morgan fingerprint density at radius 1 is 1.32 bits per heavy atom. The van der Waals surface area contributed by atoms with E-state index in [1.54, 1.807) is 0 Å². The van der Waals surface area contributed by atoms with E-state index >= 15 is 0 Å². The van der Waals surface area contributed by atoms with Gasteiger partial charge in [0.2, 0.25) is 0 Å². The van der Waals surface area contributed by atoms with Crippen molar-refractivity contribution in [3.05, 3.63) is 24.5 Å². The number of ether oxygens (including phenoxy) is 2. The Morgan fingerprint density at radius 3 is 2.50 bits per heavy atom. The van der Waals surface area contributed by atoms with Gasteiger partial charge in [0.1, 0.15) is 18.9 Å². The molecule has 1 rings (SSSR count). The molecule has 0 saturated heterocycles. The third-order valence-electron chi connectivity index (χ3n) is 2.35. The fourth-order valence-corrected chi connectivity index (χ4v) is 1.47. The fraction of sp³-hybridized carbons (Fsp3) is 0.500. The number of hydrogen-bond acceptors (Lipinski definition) is 5. The van der Waals surface area contributed by atoms with Crippen LogP contribution >= 0.6 is 0 Å². The number of carbonyl (C=O) groups is 1. The third kappa shape index (κ3) is 9.54. The molecule has 0 amide bonds. The Labute approximate surface area is 130 Å². The molecule has 0 aliphatic heterocycles. The quantitative estimate of drug-likeness (QED) is 0.189. The van der Waals surface area contributed by atoms with Gasteiger partial charge in [-0.1, -0.05) is 6.92 Å². The van der Waals surface area contributed by atoms with E-state index in [-0.39, 0.29) is 25.7 Å². The first-order valence-corrected chi connectivity index (χ1v) is 6.89. The second-order valence-electron chi connectivity index (χ2n) is 4.09. The van der Waals surface area contributed by atoms with Gasteiger partial charge in [-0.2, -0.15) is 0 Å². The molecule has 0 aromatic carbocycles. The van der Waals surface area contributed by atoms with Gasteiger partial charge in [-0.3, -0.25) is 4.99 Å². The molecule has 22 heavy (non-hydrogen) atoms. The van der Waals surface area contributed by atoms with E-state index in [0.29, 0.717) is 5.75 Å². The molecule has 1 aromatic heterocycles. The molecule has 124 valence electrons. The minimum atomic E-state index is -0.457. The molecule has 1 heterocycles. The van der Waals surface area contributed by atoms with Gasteiger partial charge < -0.3 is 26.0 Å². The van der Waals surface area contributed by atoms with Crippen molar-refractivity contribution in [2.24, 2.45) is 16.5 Å². The topological polar surface area (TPSA) is 124 Å². The Hall–Kier alpha value is -2.35. The van der Waals surface area contributed by atoms with Crippen molar-refractivity contribution in [3.8, 4) is 5.75 Å². The second kappa shape index (κ2) is 12.4. The van der Waals surface area contributed by atoms with Crippen molar-refractivity contribution in [1.29, 1.82) is 0 Å². The highest BCUT2D eigenvalue weighted by Crippen LogP contribution is 2.06. The lowest BCUT2D eigenvalue weighted by Gasteiger charge is -2.05. The maximum Gasteiger partial charge on any atom is 0.344 e. The van der Waals surface area contributed by atoms with Crippen LogP contribution in [0.25, 0.3) is 0 Å². The second-order valence-corrected chi connectivity index (χ2v) is 4.09. The zero-order valence-corrected chi connectivity index (χ0v) is 13.1. The summed E-state index contributed by atoms with van der Waals surface area (Å²) in [7, 11) is 1.00. The van der Waals surface area contributed by atoms with Crippen LogP contribution in [0.4, 0.5) is 0 Å². The smallest absolute Gasteiger partial charge is 0.344 e. The highest BCUT2D eigenvalue weighted by molar-refractivity contribution is 5.75. The van der Waals surface area contributed by atoms with E-state index in [0.717, 1.165) is 20.1 Å². The predicted molar refractivity (Wildman–Crippen MR) is 82.2 cm³/mol. The molecule has 8 nitrogen and oxygen atoms in total. The number of aliphatic hydroxyl groups is 1. The lowest BCUT2D eigenvalue weighted by Crippen LogP contribution is -2.32. The molecule has 0 radical (unpaired) electrons. The first kappa shape index (κ1) is 19.7. The van der Waals surface area contributed by atoms with Gasteiger partial charge in [-0.05, 0) is 0 Å². The fourth-order valence-electron chi connectivity index (χ4n) is 1.47. The molecule has 8 heteroatoms. The number of nitrogens with zero attached hydrogens (tertiary/aromatic N) is 2. The van der Waals surface area contributed by atoms with Crippen LogP contribution in [0.2, 0.25) is 0 Å². The van der Waals surface area contributed by atoms with E-state index in [4.69, 9.17) is 26.0 Å². The van der Waals surface area contributed by atoms with Crippen molar-refractivity contribution in [2.45, 2.75) is 19.9 Å². The van der Waals surface area contributed by atoms with Crippen LogP contribution in [0.5, 0.6) is 5.75 Å². The number of esters is 1. The van der Waals surface area contributed by atoms with Crippen LogP contribution in [-0.4, -0.2) is 43.9 Å². The highest BCUT2D eigenvalue weighted by Gasteiger charge is 2.05. The van der Waals surface area contributed by atoms with Crippen molar-refractivity contribution in [3.63, 3.8) is 0 Å². The summed E-state index contributed by atoms with van der Waals surface area (Å²) >= 11 is 0. The van der Waals surface area contributed by atoms with E-state index in [9.17, 15) is 4.79 Å². The van der Waals surface area contributed by atoms with Crippen LogP contribution < -0.4 is 20.8 Å². The van der Waals surface area contributed by atoms with Crippen molar-refractivity contribution < 1.29 is 23.9 Å². The number of pyridine rings is 1. The predicted octanol–water partition coefficient (Wildman–Crippen LogP) is -0.812. The standard InChI is InChI=1S/C13H21N4O3.CH4O/c1-2-6-17-7-3-11(4-8-17)20-10-12(18)19-9-5-16-13(14)15;1-2/h3-4,7-8H,2,5-6,9-10H2,1H3,(H4,14,15,16);2H,1H3/q+1;. The summed E-state index contributed by atoms with van der Waals surface area (Å²) in [6, 6.07) is 3.62. The number of carbonyl (C=O) groups excluding carboxylic acids is 1. The first-order chi connectivity index (χ1) is 10.6. The summed E-state index contributed by atoms with van der Waals surface area (Å²) in [5, 5.41) is 7.00. The number of aromatic nitrogens is 1. The number of aryl methyl sites for hydroxylation is 1. The molecule has 0 spiro atoms. The summed E-state index contributed by atoms with van der Waals surface area (Å²) in [5.74, 6) is 0.140. The van der Waals surface area contributed by atoms with Gasteiger partial charge in [0, 0.05) is 25.7 Å². The van der Waals surface area contributed by atoms with Gasteiger partial charge in [0.25, 0.3) is 0 Å². The molecule has 5 N–H and O–H groups in total. The first-order valence-electron chi connectivity index (χ1n) is 6.89. The summed E-state index contributed by atoms with van der Waals surface area (Å²) in [4.78, 5) is 15.1. The van der Waals surface area contributed by atoms with E-state index < -0.39 is 5.97 Å². The van der Waals surface area contributed by atoms with Crippen molar-refractivity contribution in [1.82, 2.24) is 0 Å². The molecule has 0 unspecified atom stereocenters. The number of aliphatic imine (C=N–C) groups is 1. The van der Waals surface area contributed by atoms with Gasteiger partial charge in [-0.25, -0.2) is 9.36 Å². The summed E-state index contributed by atoms with van der Waals surface area (Å²) in [6.45, 7) is 3.30. The lowest BCUT2D eigenvalue weighted by molar-refractivity contribution is -0.697. The van der Waals surface area contributed by atoms with Crippen molar-refractivity contribution >= 4 is 11.9 Å². The molecular weight excluding hydrogens is 288 g/mol. The van der Waals surface area contributed by atoms with Gasteiger partial charge in [0.15, 0.2) is 25.0 Å². The maximum absolute atomic E-state index is 11.4. The number of aliphatic hydroxyl groups excluding tert-OH is 1. The largest absolute Gasteiger partial charge is 0.481 e. The SMILES string of the molecule is CCC[n+]1ccc(OCC(=O)OCCN=C(N)N)cc1.CO. The Morgan fingerprint density at radius 2 is 1.95 bits per heavy atom. The summed E-state index contributed by atoms with van der Waals surface area (Å²) in [5.41, 5.74) is 10.3. The zero-order valence-electron chi connectivity index (χ0n) is 13.1. The molecule has 0 saturated carbocycles. The third-order valence-corrected chi connectivity index (χ3v) is 2.35. The Kier molecular flexibility index (Phi) is 11.1. The highest BCUT2D eigenvalue weighted by atomic mass is 16.6. The molecule has 1 aromatic rings. The number of guanidine groups is 1. The van der Waals surface area contributed by atoms with Crippen LogP contribution in [0.3, 0.4) is 0 Å². The molecular formula is C14H25N4O4+. The number of nitrogens with two attached hydrogens (primary N) is 2. The number of rotatable bonds is 8. The van der Waals surface area contributed by atoms with E-state index in [1.807, 2.05) is 29.1 Å². The van der Waals surface area contributed by atoms with Crippen LogP contribution in [0.1, 0.15) is 13.3 Å². The maximum atomic E-state index is 11.4. The molecule has 0 atom stereocenters. The zero-order chi connectivity index (χ0) is 16.8. The minimum Gasteiger partial charge on any atom is -0.481 e. The Bertz CT molecular complexity index is 445. The van der Waals surface area contributed by atoms with Crippen LogP contribution in [-0.2, 0) is 16.1 Å². The van der Waals surface area contributed by atoms with Gasteiger partial charge in [0.05, 0.1) is 6.54 Å². The van der Waals surface area contributed by atoms with E-state index in [2.05, 4.69) is 11.9 Å². The minimum absolute atomic E-state index is 0.0260. The molecule has 0 bridgehead atoms. The lowest BCUT2D eigenvalue weighted by atomic mass is 10.4. The normalized spacial score (nSPS) is 9.23. The average molecular weight is 313 g/mol. The van der Waals surface area contributed by atoms with E-state index in [1.165, 1.54) is 0 Å². The molecule has 0 aliphatic carbocycles. The number of hydrogen-bond donors (Lipinski definition) is 3. The van der Waals surface area contributed by atoms with Crippen LogP contribution in [0.15, 0.2) is 29.5 Å². The Balaban J connectivity index is 0.00000211. The monoisotopic (exact) mass is 313 g/mol. The van der Waals surface area contributed by atoms with Gasteiger partial charge >= 0.3 is 5.97 Å². The summed E-state index contributed by atoms with van der Waals surface area (Å²) < 4.78 is 12.2. The molecule has 0 fully saturated rings. The average Bonchev–Trinajstić information content (AvgIpc) is 2.53.